The molecule has 0 aliphatic heterocycles. The Labute approximate surface area is 145 Å². The van der Waals surface area contributed by atoms with Crippen LogP contribution in [0.2, 0.25) is 0 Å². The van der Waals surface area contributed by atoms with Crippen LogP contribution in [-0.4, -0.2) is 0 Å². The summed E-state index contributed by atoms with van der Waals surface area (Å²) >= 11 is 0. The van der Waals surface area contributed by atoms with E-state index < -0.39 is 0 Å². The van der Waals surface area contributed by atoms with Crippen molar-refractivity contribution in [2.24, 2.45) is 23.7 Å². The van der Waals surface area contributed by atoms with E-state index in [9.17, 15) is 0 Å². The first kappa shape index (κ1) is 18.6. The molecule has 2 rings (SSSR count). The molecule has 0 nitrogen and oxygen atoms in total. The topological polar surface area (TPSA) is 0 Å². The van der Waals surface area contributed by atoms with E-state index in [0.717, 1.165) is 30.1 Å². The van der Waals surface area contributed by atoms with E-state index in [4.69, 9.17) is 0 Å². The van der Waals surface area contributed by atoms with Crippen LogP contribution in [0.15, 0.2) is 12.2 Å². The first-order chi connectivity index (χ1) is 11.3. The fourth-order valence-corrected chi connectivity index (χ4v) is 4.66. The number of rotatable bonds is 6. The normalized spacial score (nSPS) is 31.7. The van der Waals surface area contributed by atoms with Crippen LogP contribution in [-0.2, 0) is 0 Å². The molecule has 2 fully saturated rings. The van der Waals surface area contributed by atoms with Gasteiger partial charge in [-0.2, -0.15) is 0 Å². The van der Waals surface area contributed by atoms with E-state index in [-0.39, 0.29) is 0 Å². The Balaban J connectivity index is 1.63. The van der Waals surface area contributed by atoms with Crippen molar-refractivity contribution in [3.8, 4) is 11.8 Å². The third-order valence-corrected chi connectivity index (χ3v) is 6.27. The van der Waals surface area contributed by atoms with E-state index in [1.807, 2.05) is 0 Å². The van der Waals surface area contributed by atoms with Crippen LogP contribution in [0.5, 0.6) is 0 Å². The Bertz CT molecular complexity index is 378. The standard InChI is InChI=1S/C23H38/c1-3-5-7-9-11-21-14-18-23(19-15-21)22-16-12-20(13-17-22)10-8-6-4-2/h4,6,20-23H,3,5,7-8,10,12-19H2,1-2H3/b6-4+. The third kappa shape index (κ3) is 6.74. The van der Waals surface area contributed by atoms with Crippen molar-refractivity contribution < 1.29 is 0 Å². The van der Waals surface area contributed by atoms with Crippen molar-refractivity contribution in [1.29, 1.82) is 0 Å². The number of allylic oxidation sites excluding steroid dienone is 2. The molecule has 2 aliphatic carbocycles. The summed E-state index contributed by atoms with van der Waals surface area (Å²) in [5, 5.41) is 0. The Hall–Kier alpha value is -0.700. The zero-order valence-electron chi connectivity index (χ0n) is 15.7. The summed E-state index contributed by atoms with van der Waals surface area (Å²) in [7, 11) is 0. The second-order valence-corrected chi connectivity index (χ2v) is 7.96. The van der Waals surface area contributed by atoms with Gasteiger partial charge in [-0.3, -0.25) is 0 Å². The van der Waals surface area contributed by atoms with Gasteiger partial charge in [0.25, 0.3) is 0 Å². The highest BCUT2D eigenvalue weighted by Crippen LogP contribution is 2.42. The monoisotopic (exact) mass is 314 g/mol. The molecule has 2 saturated carbocycles. The fraction of sp³-hybridized carbons (Fsp3) is 0.826. The zero-order valence-corrected chi connectivity index (χ0v) is 15.7. The molecule has 0 aromatic heterocycles. The summed E-state index contributed by atoms with van der Waals surface area (Å²) in [5.74, 6) is 10.8. The molecule has 0 amide bonds. The smallest absolute Gasteiger partial charge is 0.0203 e. The van der Waals surface area contributed by atoms with Gasteiger partial charge in [0.05, 0.1) is 0 Å². The molecule has 0 unspecified atom stereocenters. The second-order valence-electron chi connectivity index (χ2n) is 7.96. The summed E-state index contributed by atoms with van der Waals surface area (Å²) in [6, 6.07) is 0. The maximum atomic E-state index is 3.56. The molecule has 0 radical (unpaired) electrons. The lowest BCUT2D eigenvalue weighted by molar-refractivity contribution is 0.154. The van der Waals surface area contributed by atoms with E-state index in [0.29, 0.717) is 0 Å². The van der Waals surface area contributed by atoms with Gasteiger partial charge in [0, 0.05) is 12.3 Å². The Morgan fingerprint density at radius 3 is 2.17 bits per heavy atom. The van der Waals surface area contributed by atoms with Crippen LogP contribution in [0.25, 0.3) is 0 Å². The van der Waals surface area contributed by atoms with Gasteiger partial charge in [0.1, 0.15) is 0 Å². The van der Waals surface area contributed by atoms with Crippen LogP contribution in [0.3, 0.4) is 0 Å². The molecule has 0 aromatic rings. The van der Waals surface area contributed by atoms with Gasteiger partial charge < -0.3 is 0 Å². The molecule has 0 heteroatoms. The Kier molecular flexibility index (Phi) is 8.88. The van der Waals surface area contributed by atoms with E-state index in [2.05, 4.69) is 37.8 Å². The molecule has 0 atom stereocenters. The predicted molar refractivity (Wildman–Crippen MR) is 102 cm³/mol. The number of hydrogen-bond acceptors (Lipinski definition) is 0. The number of hydrogen-bond donors (Lipinski definition) is 0. The molecule has 0 aromatic carbocycles. The van der Waals surface area contributed by atoms with Crippen molar-refractivity contribution in [2.45, 2.75) is 97.3 Å². The minimum atomic E-state index is 0.722. The van der Waals surface area contributed by atoms with Gasteiger partial charge in [-0.25, -0.2) is 0 Å². The van der Waals surface area contributed by atoms with E-state index in [1.165, 1.54) is 77.0 Å². The van der Waals surface area contributed by atoms with E-state index in [1.54, 1.807) is 0 Å². The van der Waals surface area contributed by atoms with Crippen LogP contribution in [0.1, 0.15) is 97.3 Å². The first-order valence-electron chi connectivity index (χ1n) is 10.4. The van der Waals surface area contributed by atoms with Gasteiger partial charge in [-0.15, -0.1) is 5.92 Å². The lowest BCUT2D eigenvalue weighted by atomic mass is 9.69. The molecule has 23 heavy (non-hydrogen) atoms. The molecule has 0 N–H and O–H groups in total. The summed E-state index contributed by atoms with van der Waals surface area (Å²) in [6.07, 6.45) is 22.6. The molecule has 0 spiro atoms. The first-order valence-corrected chi connectivity index (χ1v) is 10.4. The van der Waals surface area contributed by atoms with Crippen molar-refractivity contribution >= 4 is 0 Å². The highest BCUT2D eigenvalue weighted by atomic mass is 14.3. The predicted octanol–water partition coefficient (Wildman–Crippen LogP) is 7.15. The Morgan fingerprint density at radius 1 is 0.913 bits per heavy atom. The van der Waals surface area contributed by atoms with Crippen LogP contribution >= 0.6 is 0 Å². The second kappa shape index (κ2) is 11.0. The largest absolute Gasteiger partial charge is 0.103 e. The summed E-state index contributed by atoms with van der Waals surface area (Å²) in [6.45, 7) is 4.39. The molecule has 0 bridgehead atoms. The third-order valence-electron chi connectivity index (χ3n) is 6.27. The minimum absolute atomic E-state index is 0.722. The molecule has 0 saturated heterocycles. The van der Waals surface area contributed by atoms with Crippen LogP contribution in [0.4, 0.5) is 0 Å². The molecule has 2 aliphatic rings. The van der Waals surface area contributed by atoms with Crippen molar-refractivity contribution in [2.75, 3.05) is 0 Å². The van der Waals surface area contributed by atoms with Gasteiger partial charge in [-0.1, -0.05) is 44.3 Å². The van der Waals surface area contributed by atoms with Gasteiger partial charge in [0.2, 0.25) is 0 Å². The van der Waals surface area contributed by atoms with Crippen LogP contribution in [0, 0.1) is 35.5 Å². The molecule has 0 heterocycles. The van der Waals surface area contributed by atoms with Gasteiger partial charge in [0.15, 0.2) is 0 Å². The molecular weight excluding hydrogens is 276 g/mol. The summed E-state index contributed by atoms with van der Waals surface area (Å²) in [5.41, 5.74) is 0. The summed E-state index contributed by atoms with van der Waals surface area (Å²) in [4.78, 5) is 0. The maximum Gasteiger partial charge on any atom is 0.0203 e. The summed E-state index contributed by atoms with van der Waals surface area (Å²) < 4.78 is 0. The highest BCUT2D eigenvalue weighted by molar-refractivity contribution is 5.05. The molecule has 130 valence electrons. The van der Waals surface area contributed by atoms with Crippen molar-refractivity contribution in [3.05, 3.63) is 12.2 Å². The van der Waals surface area contributed by atoms with Crippen molar-refractivity contribution in [1.82, 2.24) is 0 Å². The lowest BCUT2D eigenvalue weighted by Crippen LogP contribution is -2.25. The Morgan fingerprint density at radius 2 is 1.57 bits per heavy atom. The average molecular weight is 315 g/mol. The zero-order chi connectivity index (χ0) is 16.3. The van der Waals surface area contributed by atoms with Crippen LogP contribution < -0.4 is 0 Å². The van der Waals surface area contributed by atoms with Gasteiger partial charge in [-0.05, 0) is 82.5 Å². The SMILES string of the molecule is C/C=C/CCC1CCC(C2CCC(C#CCCCC)CC2)CC1. The minimum Gasteiger partial charge on any atom is -0.103 e. The average Bonchev–Trinajstić information content (AvgIpc) is 2.60. The van der Waals surface area contributed by atoms with Gasteiger partial charge >= 0.3 is 0 Å². The van der Waals surface area contributed by atoms with Crippen molar-refractivity contribution in [3.63, 3.8) is 0 Å². The fourth-order valence-electron chi connectivity index (χ4n) is 4.66. The molecular formula is C23H38. The van der Waals surface area contributed by atoms with E-state index >= 15 is 0 Å². The quantitative estimate of drug-likeness (QED) is 0.277. The maximum absolute atomic E-state index is 3.56. The highest BCUT2D eigenvalue weighted by Gasteiger charge is 2.30. The lowest BCUT2D eigenvalue weighted by Gasteiger charge is -2.37. The number of unbranched alkanes of at least 4 members (excludes halogenated alkanes) is 2.